The first-order valence-electron chi connectivity index (χ1n) is 18.2. The van der Waals surface area contributed by atoms with E-state index in [1.165, 1.54) is 22.6 Å². The first kappa shape index (κ1) is 38.1. The first-order valence-corrected chi connectivity index (χ1v) is 18.2. The van der Waals surface area contributed by atoms with Crippen molar-refractivity contribution in [1.29, 1.82) is 0 Å². The van der Waals surface area contributed by atoms with Gasteiger partial charge in [0.05, 0.1) is 18.9 Å². The van der Waals surface area contributed by atoms with Crippen molar-refractivity contribution in [1.82, 2.24) is 35.1 Å². The standard InChI is InChI=1S/C36H49N7O9/c1-3-50-36(49)41-20-18-40(19-21-41)35(48)28(15-7-8-22-51-25(2)44)38-33(46)29-23-32(43(39-29)27-13-5-4-6-14-27)52-24-31(45)42-17-10-16-30(42)34(47)37-26-11-9-12-26/h4-6,13-14,23,26,28,30H,3,7-12,15-22,24H2,1-2H3,(H,37,47)(H,38,46)/t28-,30-/m0/s1. The number of rotatable bonds is 15. The summed E-state index contributed by atoms with van der Waals surface area (Å²) in [6.45, 7) is 4.70. The molecular weight excluding hydrogens is 674 g/mol. The van der Waals surface area contributed by atoms with Crippen LogP contribution in [0.4, 0.5) is 4.79 Å². The molecule has 3 heterocycles. The molecule has 2 aliphatic heterocycles. The van der Waals surface area contributed by atoms with Crippen molar-refractivity contribution in [3.8, 4) is 11.6 Å². The number of nitrogens with zero attached hydrogens (tertiary/aromatic N) is 5. The van der Waals surface area contributed by atoms with Gasteiger partial charge in [0.25, 0.3) is 11.8 Å². The Morgan fingerprint density at radius 1 is 0.904 bits per heavy atom. The Morgan fingerprint density at radius 3 is 2.31 bits per heavy atom. The van der Waals surface area contributed by atoms with Gasteiger partial charge < -0.3 is 39.5 Å². The van der Waals surface area contributed by atoms with Gasteiger partial charge in [0.1, 0.15) is 12.1 Å². The zero-order valence-corrected chi connectivity index (χ0v) is 29.9. The molecule has 0 spiro atoms. The molecule has 1 saturated carbocycles. The van der Waals surface area contributed by atoms with E-state index in [0.29, 0.717) is 51.0 Å². The van der Waals surface area contributed by atoms with E-state index in [9.17, 15) is 28.8 Å². The summed E-state index contributed by atoms with van der Waals surface area (Å²) < 4.78 is 17.5. The number of ether oxygens (including phenoxy) is 3. The maximum atomic E-state index is 13.8. The lowest BCUT2D eigenvalue weighted by atomic mass is 9.93. The molecule has 5 rings (SSSR count). The molecule has 0 bridgehead atoms. The van der Waals surface area contributed by atoms with Crippen LogP contribution in [-0.2, 0) is 28.7 Å². The SMILES string of the molecule is CCOC(=O)N1CCN(C(=O)[C@H](CCCCOC(C)=O)NC(=O)c2cc(OCC(=O)N3CCC[C@H]3C(=O)NC3CCC3)n(-c3ccccc3)n2)CC1. The van der Waals surface area contributed by atoms with Crippen LogP contribution < -0.4 is 15.4 Å². The van der Waals surface area contributed by atoms with Crippen molar-refractivity contribution in [2.45, 2.75) is 83.3 Å². The fourth-order valence-corrected chi connectivity index (χ4v) is 6.44. The highest BCUT2D eigenvalue weighted by Crippen LogP contribution is 2.24. The summed E-state index contributed by atoms with van der Waals surface area (Å²) in [5.41, 5.74) is 0.551. The van der Waals surface area contributed by atoms with Crippen molar-refractivity contribution >= 4 is 35.7 Å². The van der Waals surface area contributed by atoms with Crippen LogP contribution in [0.3, 0.4) is 0 Å². The molecule has 2 saturated heterocycles. The number of piperazine rings is 1. The second kappa shape index (κ2) is 18.4. The van der Waals surface area contributed by atoms with Gasteiger partial charge in [-0.15, -0.1) is 0 Å². The summed E-state index contributed by atoms with van der Waals surface area (Å²) >= 11 is 0. The van der Waals surface area contributed by atoms with E-state index in [1.807, 2.05) is 6.07 Å². The first-order chi connectivity index (χ1) is 25.1. The molecule has 2 aromatic rings. The minimum absolute atomic E-state index is 0.0323. The Balaban J connectivity index is 1.27. The van der Waals surface area contributed by atoms with E-state index in [4.69, 9.17) is 14.2 Å². The normalized spacial score (nSPS) is 17.9. The molecular formula is C36H49N7O9. The minimum atomic E-state index is -0.926. The molecule has 16 heteroatoms. The quantitative estimate of drug-likeness (QED) is 0.204. The van der Waals surface area contributed by atoms with E-state index in [-0.39, 0.29) is 74.7 Å². The highest BCUT2D eigenvalue weighted by molar-refractivity contribution is 5.96. The maximum Gasteiger partial charge on any atom is 0.409 e. The maximum absolute atomic E-state index is 13.8. The third kappa shape index (κ3) is 10.0. The third-order valence-electron chi connectivity index (χ3n) is 9.49. The lowest BCUT2D eigenvalue weighted by Crippen LogP contribution is -2.56. The van der Waals surface area contributed by atoms with E-state index in [2.05, 4.69) is 15.7 Å². The number of carbonyl (C=O) groups excluding carboxylic acids is 6. The second-order valence-electron chi connectivity index (χ2n) is 13.2. The topological polar surface area (TPSA) is 182 Å². The van der Waals surface area contributed by atoms with Crippen molar-refractivity contribution < 1.29 is 43.0 Å². The number of esters is 1. The number of amides is 5. The van der Waals surface area contributed by atoms with Crippen molar-refractivity contribution in [3.05, 3.63) is 42.1 Å². The Labute approximate surface area is 303 Å². The Hall–Kier alpha value is -5.15. The predicted octanol–water partition coefficient (Wildman–Crippen LogP) is 2.04. The fraction of sp³-hybridized carbons (Fsp3) is 0.583. The highest BCUT2D eigenvalue weighted by Gasteiger charge is 2.36. The Bertz CT molecular complexity index is 1570. The number of unbranched alkanes of at least 4 members (excludes halogenated alkanes) is 1. The number of carbonyl (C=O) groups is 6. The highest BCUT2D eigenvalue weighted by atomic mass is 16.6. The van der Waals surface area contributed by atoms with Crippen LogP contribution in [0, 0.1) is 0 Å². The largest absolute Gasteiger partial charge is 0.467 e. The van der Waals surface area contributed by atoms with Crippen molar-refractivity contribution in [2.24, 2.45) is 0 Å². The average Bonchev–Trinajstić information content (AvgIpc) is 3.80. The van der Waals surface area contributed by atoms with E-state index in [0.717, 1.165) is 19.3 Å². The number of likely N-dealkylation sites (tertiary alicyclic amines) is 1. The molecule has 52 heavy (non-hydrogen) atoms. The van der Waals surface area contributed by atoms with E-state index >= 15 is 0 Å². The molecule has 3 fully saturated rings. The summed E-state index contributed by atoms with van der Waals surface area (Å²) in [4.78, 5) is 81.9. The van der Waals surface area contributed by atoms with Gasteiger partial charge in [-0.3, -0.25) is 24.0 Å². The van der Waals surface area contributed by atoms with Crippen LogP contribution in [0.15, 0.2) is 36.4 Å². The molecule has 282 valence electrons. The molecule has 1 aliphatic carbocycles. The molecule has 0 radical (unpaired) electrons. The van der Waals surface area contributed by atoms with E-state index in [1.54, 1.807) is 41.0 Å². The molecule has 3 aliphatic rings. The summed E-state index contributed by atoms with van der Waals surface area (Å²) in [7, 11) is 0. The zero-order valence-electron chi connectivity index (χ0n) is 29.9. The Morgan fingerprint density at radius 2 is 1.63 bits per heavy atom. The smallest absolute Gasteiger partial charge is 0.409 e. The second-order valence-corrected chi connectivity index (χ2v) is 13.2. The molecule has 0 unspecified atom stereocenters. The number of hydrogen-bond donors (Lipinski definition) is 2. The Kier molecular flexibility index (Phi) is 13.5. The van der Waals surface area contributed by atoms with Gasteiger partial charge in [-0.1, -0.05) is 18.2 Å². The van der Waals surface area contributed by atoms with Crippen LogP contribution in [-0.4, -0.2) is 131 Å². The number of aromatic nitrogens is 2. The van der Waals surface area contributed by atoms with Gasteiger partial charge in [0, 0.05) is 51.8 Å². The molecule has 2 atom stereocenters. The number of hydrogen-bond acceptors (Lipinski definition) is 10. The van der Waals surface area contributed by atoms with Crippen LogP contribution in [0.5, 0.6) is 5.88 Å². The van der Waals surface area contributed by atoms with Gasteiger partial charge in [0.15, 0.2) is 12.3 Å². The zero-order chi connectivity index (χ0) is 37.0. The van der Waals surface area contributed by atoms with Gasteiger partial charge in [-0.2, -0.15) is 5.10 Å². The summed E-state index contributed by atoms with van der Waals surface area (Å²) in [5, 5.41) is 10.4. The lowest BCUT2D eigenvalue weighted by molar-refractivity contribution is -0.141. The fourth-order valence-electron chi connectivity index (χ4n) is 6.44. The summed E-state index contributed by atoms with van der Waals surface area (Å²) in [5.74, 6) is -1.68. The van der Waals surface area contributed by atoms with Gasteiger partial charge in [-0.25, -0.2) is 9.48 Å². The predicted molar refractivity (Wildman–Crippen MR) is 186 cm³/mol. The summed E-state index contributed by atoms with van der Waals surface area (Å²) in [6, 6.07) is 9.09. The molecule has 1 aromatic heterocycles. The van der Waals surface area contributed by atoms with Crippen molar-refractivity contribution in [2.75, 3.05) is 52.5 Å². The van der Waals surface area contributed by atoms with Crippen LogP contribution in [0.1, 0.15) is 75.7 Å². The van der Waals surface area contributed by atoms with Gasteiger partial charge in [0.2, 0.25) is 17.7 Å². The number of nitrogens with one attached hydrogen (secondary N) is 2. The van der Waals surface area contributed by atoms with Crippen LogP contribution in [0.2, 0.25) is 0 Å². The third-order valence-corrected chi connectivity index (χ3v) is 9.49. The number of benzene rings is 1. The van der Waals surface area contributed by atoms with Crippen molar-refractivity contribution in [3.63, 3.8) is 0 Å². The monoisotopic (exact) mass is 723 g/mol. The molecule has 2 N–H and O–H groups in total. The van der Waals surface area contributed by atoms with Crippen LogP contribution >= 0.6 is 0 Å². The van der Waals surface area contributed by atoms with Gasteiger partial charge in [-0.05, 0) is 70.4 Å². The molecule has 5 amide bonds. The summed E-state index contributed by atoms with van der Waals surface area (Å²) in [6.07, 6.45) is 5.10. The molecule has 16 nitrogen and oxygen atoms in total. The molecule has 1 aromatic carbocycles. The minimum Gasteiger partial charge on any atom is -0.467 e. The van der Waals surface area contributed by atoms with Gasteiger partial charge >= 0.3 is 12.1 Å². The lowest BCUT2D eigenvalue weighted by Gasteiger charge is -2.36. The average molecular weight is 724 g/mol. The number of para-hydroxylation sites is 1. The van der Waals surface area contributed by atoms with Crippen LogP contribution in [0.25, 0.3) is 5.69 Å². The van der Waals surface area contributed by atoms with E-state index < -0.39 is 30.1 Å².